The predicted molar refractivity (Wildman–Crippen MR) is 74.5 cm³/mol. The largest absolute Gasteiger partial charge is 0.480 e. The fourth-order valence-corrected chi connectivity index (χ4v) is 2.12. The van der Waals surface area contributed by atoms with Crippen LogP contribution in [0.1, 0.15) is 19.8 Å². The molecule has 0 aromatic heterocycles. The lowest BCUT2D eigenvalue weighted by Gasteiger charge is -2.17. The van der Waals surface area contributed by atoms with Gasteiger partial charge >= 0.3 is 0 Å². The Bertz CT molecular complexity index is 508. The summed E-state index contributed by atoms with van der Waals surface area (Å²) in [6.07, 6.45) is 1.39. The minimum atomic E-state index is -0.631. The molecule has 0 radical (unpaired) electrons. The van der Waals surface area contributed by atoms with Crippen LogP contribution in [0.15, 0.2) is 28.7 Å². The SMILES string of the molecule is C[C@@H](Oc1ccccc1Br)C(=O)N[C@@H](C#N)C1CC1. The van der Waals surface area contributed by atoms with Gasteiger partial charge in [-0.3, -0.25) is 4.79 Å². The minimum absolute atomic E-state index is 0.255. The molecule has 1 aliphatic carbocycles. The number of halogens is 1. The monoisotopic (exact) mass is 322 g/mol. The quantitative estimate of drug-likeness (QED) is 0.906. The third-order valence-corrected chi connectivity index (χ3v) is 3.70. The van der Waals surface area contributed by atoms with Crippen LogP contribution in [0.4, 0.5) is 0 Å². The highest BCUT2D eigenvalue weighted by atomic mass is 79.9. The molecule has 0 saturated heterocycles. The summed E-state index contributed by atoms with van der Waals surface area (Å²) >= 11 is 3.36. The van der Waals surface area contributed by atoms with Gasteiger partial charge in [-0.1, -0.05) is 12.1 Å². The van der Waals surface area contributed by atoms with Crippen molar-refractivity contribution in [3.63, 3.8) is 0 Å². The second-order valence-corrected chi connectivity index (χ2v) is 5.50. The van der Waals surface area contributed by atoms with E-state index >= 15 is 0 Å². The van der Waals surface area contributed by atoms with Gasteiger partial charge in [0.15, 0.2) is 6.10 Å². The van der Waals surface area contributed by atoms with Crippen LogP contribution < -0.4 is 10.1 Å². The first-order chi connectivity index (χ1) is 9.11. The molecule has 0 aliphatic heterocycles. The lowest BCUT2D eigenvalue weighted by Crippen LogP contribution is -2.42. The molecular formula is C14H15BrN2O2. The van der Waals surface area contributed by atoms with Crippen LogP contribution in [-0.2, 0) is 4.79 Å². The lowest BCUT2D eigenvalue weighted by atomic mass is 10.2. The van der Waals surface area contributed by atoms with Gasteiger partial charge in [0.05, 0.1) is 10.5 Å². The minimum Gasteiger partial charge on any atom is -0.480 e. The number of rotatable bonds is 5. The van der Waals surface area contributed by atoms with Crippen molar-refractivity contribution in [2.75, 3.05) is 0 Å². The Morgan fingerprint density at radius 2 is 2.21 bits per heavy atom. The molecule has 4 nitrogen and oxygen atoms in total. The van der Waals surface area contributed by atoms with E-state index in [0.717, 1.165) is 17.3 Å². The Hall–Kier alpha value is -1.54. The third-order valence-electron chi connectivity index (χ3n) is 3.04. The third kappa shape index (κ3) is 3.71. The van der Waals surface area contributed by atoms with Gasteiger partial charge in [-0.15, -0.1) is 0 Å². The number of benzene rings is 1. The summed E-state index contributed by atoms with van der Waals surface area (Å²) < 4.78 is 6.38. The number of nitrogens with zero attached hydrogens (tertiary/aromatic N) is 1. The zero-order valence-corrected chi connectivity index (χ0v) is 12.2. The Labute approximate surface area is 120 Å². The smallest absolute Gasteiger partial charge is 0.261 e. The summed E-state index contributed by atoms with van der Waals surface area (Å²) in [7, 11) is 0. The number of para-hydroxylation sites is 1. The maximum absolute atomic E-state index is 12.0. The first-order valence-electron chi connectivity index (χ1n) is 6.23. The zero-order valence-electron chi connectivity index (χ0n) is 10.6. The fourth-order valence-electron chi connectivity index (χ4n) is 1.74. The molecule has 1 aromatic rings. The molecule has 1 N–H and O–H groups in total. The van der Waals surface area contributed by atoms with E-state index in [4.69, 9.17) is 10.00 Å². The van der Waals surface area contributed by atoms with Crippen LogP contribution >= 0.6 is 15.9 Å². The summed E-state index contributed by atoms with van der Waals surface area (Å²) in [6, 6.07) is 9.09. The van der Waals surface area contributed by atoms with Gasteiger partial charge in [0, 0.05) is 0 Å². The Kier molecular flexibility index (Phi) is 4.43. The molecule has 2 atom stereocenters. The highest BCUT2D eigenvalue weighted by Gasteiger charge is 2.33. The average molecular weight is 323 g/mol. The van der Waals surface area contributed by atoms with Crippen molar-refractivity contribution in [2.24, 2.45) is 5.92 Å². The standard InChI is InChI=1S/C14H15BrN2O2/c1-9(19-13-5-3-2-4-11(13)15)14(18)17-12(8-16)10-6-7-10/h2-5,9-10,12H,6-7H2,1H3,(H,17,18)/t9-,12+/m1/s1. The topological polar surface area (TPSA) is 62.1 Å². The van der Waals surface area contributed by atoms with Crippen molar-refractivity contribution in [1.82, 2.24) is 5.32 Å². The molecule has 0 heterocycles. The maximum atomic E-state index is 12.0. The Morgan fingerprint density at radius 3 is 2.79 bits per heavy atom. The number of hydrogen-bond donors (Lipinski definition) is 1. The maximum Gasteiger partial charge on any atom is 0.261 e. The van der Waals surface area contributed by atoms with Crippen LogP contribution in [0.3, 0.4) is 0 Å². The van der Waals surface area contributed by atoms with Gasteiger partial charge in [-0.25, -0.2) is 0 Å². The van der Waals surface area contributed by atoms with Crippen molar-refractivity contribution in [2.45, 2.75) is 31.9 Å². The van der Waals surface area contributed by atoms with E-state index in [-0.39, 0.29) is 5.91 Å². The van der Waals surface area contributed by atoms with Gasteiger partial charge in [0.25, 0.3) is 5.91 Å². The average Bonchev–Trinajstić information content (AvgIpc) is 3.22. The summed E-state index contributed by atoms with van der Waals surface area (Å²) in [5.41, 5.74) is 0. The molecule has 0 bridgehead atoms. The summed E-state index contributed by atoms with van der Waals surface area (Å²) in [6.45, 7) is 1.68. The van der Waals surface area contributed by atoms with E-state index in [1.54, 1.807) is 13.0 Å². The van der Waals surface area contributed by atoms with E-state index in [1.165, 1.54) is 0 Å². The number of carbonyl (C=O) groups is 1. The number of nitriles is 1. The summed E-state index contributed by atoms with van der Waals surface area (Å²) in [4.78, 5) is 12.0. The number of carbonyl (C=O) groups excluding carboxylic acids is 1. The number of nitrogens with one attached hydrogen (secondary N) is 1. The van der Waals surface area contributed by atoms with Crippen LogP contribution in [0.5, 0.6) is 5.75 Å². The Balaban J connectivity index is 1.92. The predicted octanol–water partition coefficient (Wildman–Crippen LogP) is 2.63. The number of ether oxygens (including phenoxy) is 1. The van der Waals surface area contributed by atoms with E-state index in [9.17, 15) is 4.79 Å². The van der Waals surface area contributed by atoms with E-state index in [2.05, 4.69) is 27.3 Å². The zero-order chi connectivity index (χ0) is 13.8. The van der Waals surface area contributed by atoms with Crippen LogP contribution in [0.25, 0.3) is 0 Å². The molecule has 0 unspecified atom stereocenters. The molecule has 1 aromatic carbocycles. The normalized spacial score (nSPS) is 17.1. The fraction of sp³-hybridized carbons (Fsp3) is 0.429. The molecule has 19 heavy (non-hydrogen) atoms. The van der Waals surface area contributed by atoms with Crippen molar-refractivity contribution in [3.8, 4) is 11.8 Å². The van der Waals surface area contributed by atoms with Gasteiger partial charge in [0.2, 0.25) is 0 Å². The first kappa shape index (κ1) is 13.9. The molecule has 1 amide bonds. The van der Waals surface area contributed by atoms with Crippen molar-refractivity contribution >= 4 is 21.8 Å². The molecule has 1 fully saturated rings. The van der Waals surface area contributed by atoms with Crippen molar-refractivity contribution < 1.29 is 9.53 Å². The second-order valence-electron chi connectivity index (χ2n) is 4.64. The Morgan fingerprint density at radius 1 is 1.53 bits per heavy atom. The molecule has 100 valence electrons. The van der Waals surface area contributed by atoms with Crippen LogP contribution in [-0.4, -0.2) is 18.1 Å². The molecular weight excluding hydrogens is 308 g/mol. The van der Waals surface area contributed by atoms with E-state index < -0.39 is 12.1 Å². The summed E-state index contributed by atoms with van der Waals surface area (Å²) in [5.74, 6) is 0.670. The number of hydrogen-bond acceptors (Lipinski definition) is 3. The molecule has 2 rings (SSSR count). The molecule has 1 saturated carbocycles. The molecule has 1 aliphatic rings. The molecule has 0 spiro atoms. The van der Waals surface area contributed by atoms with E-state index in [0.29, 0.717) is 11.7 Å². The highest BCUT2D eigenvalue weighted by molar-refractivity contribution is 9.10. The van der Waals surface area contributed by atoms with Gasteiger partial charge in [-0.05, 0) is 53.7 Å². The van der Waals surface area contributed by atoms with Crippen LogP contribution in [0, 0.1) is 17.2 Å². The van der Waals surface area contributed by atoms with Gasteiger partial charge < -0.3 is 10.1 Å². The van der Waals surface area contributed by atoms with Crippen LogP contribution in [0.2, 0.25) is 0 Å². The summed E-state index contributed by atoms with van der Waals surface area (Å²) in [5, 5.41) is 11.7. The molecule has 5 heteroatoms. The first-order valence-corrected chi connectivity index (χ1v) is 7.02. The van der Waals surface area contributed by atoms with Crippen molar-refractivity contribution in [1.29, 1.82) is 5.26 Å². The second kappa shape index (κ2) is 6.07. The lowest BCUT2D eigenvalue weighted by molar-refractivity contribution is -0.127. The highest BCUT2D eigenvalue weighted by Crippen LogP contribution is 2.32. The van der Waals surface area contributed by atoms with Crippen molar-refractivity contribution in [3.05, 3.63) is 28.7 Å². The van der Waals surface area contributed by atoms with Gasteiger partial charge in [0.1, 0.15) is 11.8 Å². The van der Waals surface area contributed by atoms with E-state index in [1.807, 2.05) is 18.2 Å². The number of amides is 1. The van der Waals surface area contributed by atoms with Gasteiger partial charge in [-0.2, -0.15) is 5.26 Å².